The molecule has 0 bridgehead atoms. The first-order chi connectivity index (χ1) is 11.8. The van der Waals surface area contributed by atoms with Gasteiger partial charge in [0.2, 0.25) is 0 Å². The van der Waals surface area contributed by atoms with Crippen molar-refractivity contribution >= 4 is 29.9 Å². The summed E-state index contributed by atoms with van der Waals surface area (Å²) < 4.78 is 7.44. The van der Waals surface area contributed by atoms with Gasteiger partial charge in [-0.1, -0.05) is 19.8 Å². The molecular weight excluding hydrogens is 431 g/mol. The summed E-state index contributed by atoms with van der Waals surface area (Å²) in [6, 6.07) is 4.36. The van der Waals surface area contributed by atoms with E-state index < -0.39 is 0 Å². The largest absolute Gasteiger partial charge is 0.467 e. The van der Waals surface area contributed by atoms with Gasteiger partial charge >= 0.3 is 0 Å². The van der Waals surface area contributed by atoms with Crippen molar-refractivity contribution in [1.29, 1.82) is 0 Å². The lowest BCUT2D eigenvalue weighted by molar-refractivity contribution is 0.510. The zero-order valence-corrected chi connectivity index (χ0v) is 17.0. The van der Waals surface area contributed by atoms with Gasteiger partial charge < -0.3 is 19.6 Å². The second-order valence-electron chi connectivity index (χ2n) is 6.09. The quantitative estimate of drug-likeness (QED) is 0.379. The van der Waals surface area contributed by atoms with E-state index in [0.29, 0.717) is 12.6 Å². The van der Waals surface area contributed by atoms with Gasteiger partial charge in [-0.05, 0) is 25.0 Å². The normalized spacial score (nSPS) is 15.2. The Bertz CT molecular complexity index is 633. The van der Waals surface area contributed by atoms with Crippen LogP contribution >= 0.6 is 24.0 Å². The maximum absolute atomic E-state index is 5.36. The maximum atomic E-state index is 5.36. The molecule has 2 aromatic rings. The molecule has 0 atom stereocenters. The Balaban J connectivity index is 0.00000225. The number of hydrogen-bond acceptors (Lipinski definition) is 4. The Kier molecular flexibility index (Phi) is 8.23. The third-order valence-electron chi connectivity index (χ3n) is 4.33. The van der Waals surface area contributed by atoms with E-state index in [1.54, 1.807) is 12.6 Å². The van der Waals surface area contributed by atoms with E-state index in [4.69, 9.17) is 4.42 Å². The minimum Gasteiger partial charge on any atom is -0.467 e. The van der Waals surface area contributed by atoms with Crippen LogP contribution in [-0.4, -0.2) is 33.3 Å². The minimum atomic E-state index is 0. The Hall–Kier alpha value is -1.58. The molecule has 2 N–H and O–H groups in total. The lowest BCUT2D eigenvalue weighted by atomic mass is 10.2. The molecule has 1 saturated carbocycles. The molecule has 0 radical (unpaired) electrons. The van der Waals surface area contributed by atoms with Crippen molar-refractivity contribution in [3.05, 3.63) is 36.3 Å². The number of nitrogens with one attached hydrogen (secondary N) is 2. The van der Waals surface area contributed by atoms with Crippen molar-refractivity contribution in [2.24, 2.45) is 4.99 Å². The molecule has 0 aromatic carbocycles. The van der Waals surface area contributed by atoms with E-state index in [1.165, 1.54) is 25.7 Å². The van der Waals surface area contributed by atoms with Crippen molar-refractivity contribution in [1.82, 2.24) is 25.4 Å². The van der Waals surface area contributed by atoms with Gasteiger partial charge in [0.15, 0.2) is 5.96 Å². The van der Waals surface area contributed by atoms with Crippen LogP contribution in [0.15, 0.2) is 34.1 Å². The lowest BCUT2D eigenvalue weighted by Crippen LogP contribution is -2.43. The molecule has 2 heterocycles. The van der Waals surface area contributed by atoms with Crippen LogP contribution in [0.1, 0.15) is 44.2 Å². The van der Waals surface area contributed by atoms with E-state index in [-0.39, 0.29) is 24.0 Å². The molecule has 0 unspecified atom stereocenters. The van der Waals surface area contributed by atoms with Crippen LogP contribution < -0.4 is 10.6 Å². The molecular formula is C17H27IN6O. The standard InChI is InChI=1S/C17H26N6O.HI/c1-2-16-22-20-13-23(16)10-9-18-17(21-14-6-3-4-7-14)19-12-15-8-5-11-24-15;/h5,8,11,13-14H,2-4,6-7,9-10,12H2,1H3,(H2,18,19,21);1H. The summed E-state index contributed by atoms with van der Waals surface area (Å²) in [6.07, 6.45) is 9.37. The van der Waals surface area contributed by atoms with Crippen molar-refractivity contribution in [3.8, 4) is 0 Å². The molecule has 1 aliphatic carbocycles. The number of halogens is 1. The van der Waals surface area contributed by atoms with E-state index in [1.807, 2.05) is 12.1 Å². The minimum absolute atomic E-state index is 0. The SMILES string of the molecule is CCc1nncn1CCNC(=NCc1ccco1)NC1CCCC1.I. The molecule has 1 fully saturated rings. The summed E-state index contributed by atoms with van der Waals surface area (Å²) in [7, 11) is 0. The molecule has 3 rings (SSSR count). The maximum Gasteiger partial charge on any atom is 0.191 e. The molecule has 25 heavy (non-hydrogen) atoms. The van der Waals surface area contributed by atoms with Crippen LogP contribution in [0, 0.1) is 0 Å². The fourth-order valence-electron chi connectivity index (χ4n) is 3.01. The molecule has 0 saturated heterocycles. The van der Waals surface area contributed by atoms with Gasteiger partial charge in [0, 0.05) is 25.6 Å². The summed E-state index contributed by atoms with van der Waals surface area (Å²) in [5.74, 6) is 2.73. The third-order valence-corrected chi connectivity index (χ3v) is 4.33. The predicted molar refractivity (Wildman–Crippen MR) is 108 cm³/mol. The third kappa shape index (κ3) is 6.02. The molecule has 0 amide bonds. The van der Waals surface area contributed by atoms with Crippen molar-refractivity contribution in [2.45, 2.75) is 58.2 Å². The van der Waals surface area contributed by atoms with Crippen molar-refractivity contribution in [2.75, 3.05) is 6.54 Å². The first-order valence-corrected chi connectivity index (χ1v) is 8.79. The monoisotopic (exact) mass is 458 g/mol. The van der Waals surface area contributed by atoms with Crippen LogP contribution in [0.4, 0.5) is 0 Å². The number of aromatic nitrogens is 3. The van der Waals surface area contributed by atoms with Gasteiger partial charge in [-0.3, -0.25) is 0 Å². The zero-order chi connectivity index (χ0) is 16.6. The van der Waals surface area contributed by atoms with Crippen LogP contribution in [0.25, 0.3) is 0 Å². The number of furan rings is 1. The Labute approximate surface area is 165 Å². The average Bonchev–Trinajstić information content (AvgIpc) is 3.34. The predicted octanol–water partition coefficient (Wildman–Crippen LogP) is 2.73. The molecule has 8 heteroatoms. The smallest absolute Gasteiger partial charge is 0.191 e. The van der Waals surface area contributed by atoms with Gasteiger partial charge in [-0.15, -0.1) is 34.2 Å². The highest BCUT2D eigenvalue weighted by molar-refractivity contribution is 14.0. The fourth-order valence-corrected chi connectivity index (χ4v) is 3.01. The Morgan fingerprint density at radius 2 is 2.24 bits per heavy atom. The topological polar surface area (TPSA) is 80.3 Å². The second-order valence-corrected chi connectivity index (χ2v) is 6.09. The average molecular weight is 458 g/mol. The summed E-state index contributed by atoms with van der Waals surface area (Å²) in [4.78, 5) is 4.65. The van der Waals surface area contributed by atoms with Gasteiger partial charge in [0.1, 0.15) is 24.5 Å². The summed E-state index contributed by atoms with van der Waals surface area (Å²) in [5, 5.41) is 15.0. The summed E-state index contributed by atoms with van der Waals surface area (Å²) in [6.45, 7) is 4.23. The van der Waals surface area contributed by atoms with Crippen molar-refractivity contribution < 1.29 is 4.42 Å². The summed E-state index contributed by atoms with van der Waals surface area (Å²) in [5.41, 5.74) is 0. The highest BCUT2D eigenvalue weighted by Crippen LogP contribution is 2.17. The molecule has 2 aromatic heterocycles. The number of guanidine groups is 1. The fraction of sp³-hybridized carbons (Fsp3) is 0.588. The molecule has 1 aliphatic rings. The number of aliphatic imine (C=N–C) groups is 1. The Morgan fingerprint density at radius 1 is 1.40 bits per heavy atom. The van der Waals surface area contributed by atoms with Gasteiger partial charge in [-0.25, -0.2) is 4.99 Å². The van der Waals surface area contributed by atoms with Crippen molar-refractivity contribution in [3.63, 3.8) is 0 Å². The van der Waals surface area contributed by atoms with E-state index >= 15 is 0 Å². The number of rotatable bonds is 7. The molecule has 7 nitrogen and oxygen atoms in total. The molecule has 0 aliphatic heterocycles. The number of hydrogen-bond donors (Lipinski definition) is 2. The van der Waals surface area contributed by atoms with E-state index in [2.05, 4.69) is 37.3 Å². The van der Waals surface area contributed by atoms with Crippen LogP contribution in [0.2, 0.25) is 0 Å². The van der Waals surface area contributed by atoms with Gasteiger partial charge in [0.25, 0.3) is 0 Å². The molecule has 0 spiro atoms. The first kappa shape index (κ1) is 19.7. The first-order valence-electron chi connectivity index (χ1n) is 8.79. The lowest BCUT2D eigenvalue weighted by Gasteiger charge is -2.17. The number of aryl methyl sites for hydroxylation is 1. The zero-order valence-electron chi connectivity index (χ0n) is 14.6. The van der Waals surface area contributed by atoms with Gasteiger partial charge in [-0.2, -0.15) is 0 Å². The van der Waals surface area contributed by atoms with Gasteiger partial charge in [0.05, 0.1) is 6.26 Å². The second kappa shape index (κ2) is 10.4. The summed E-state index contributed by atoms with van der Waals surface area (Å²) >= 11 is 0. The van der Waals surface area contributed by atoms with E-state index in [9.17, 15) is 0 Å². The highest BCUT2D eigenvalue weighted by atomic mass is 127. The Morgan fingerprint density at radius 3 is 2.96 bits per heavy atom. The van der Waals surface area contributed by atoms with Crippen LogP contribution in [-0.2, 0) is 19.5 Å². The molecule has 138 valence electrons. The van der Waals surface area contributed by atoms with Crippen LogP contribution in [0.5, 0.6) is 0 Å². The van der Waals surface area contributed by atoms with Crippen LogP contribution in [0.3, 0.4) is 0 Å². The number of nitrogens with zero attached hydrogens (tertiary/aromatic N) is 4. The highest BCUT2D eigenvalue weighted by Gasteiger charge is 2.16. The van der Waals surface area contributed by atoms with E-state index in [0.717, 1.165) is 37.1 Å².